The highest BCUT2D eigenvalue weighted by molar-refractivity contribution is 6.06. The minimum atomic E-state index is -0.0480. The molecule has 2 fully saturated rings. The summed E-state index contributed by atoms with van der Waals surface area (Å²) >= 11 is 0. The van der Waals surface area contributed by atoms with Crippen molar-refractivity contribution >= 4 is 16.9 Å². The van der Waals surface area contributed by atoms with Crippen molar-refractivity contribution < 1.29 is 9.53 Å². The van der Waals surface area contributed by atoms with Crippen molar-refractivity contribution in [2.24, 2.45) is 7.05 Å². The summed E-state index contributed by atoms with van der Waals surface area (Å²) in [7, 11) is 3.58. The molecule has 0 spiro atoms. The number of hydrogen-bond acceptors (Lipinski definition) is 5. The van der Waals surface area contributed by atoms with Crippen molar-refractivity contribution in [2.75, 3.05) is 26.7 Å². The molecule has 0 radical (unpaired) electrons. The van der Waals surface area contributed by atoms with E-state index in [0.29, 0.717) is 18.0 Å². The monoisotopic (exact) mass is 433 g/mol. The third kappa shape index (κ3) is 3.97. The summed E-state index contributed by atoms with van der Waals surface area (Å²) in [6.45, 7) is 4.62. The number of carbonyl (C=O) groups is 1. The number of nitrogens with zero attached hydrogens (tertiary/aromatic N) is 4. The molecule has 7 heteroatoms. The van der Waals surface area contributed by atoms with Gasteiger partial charge in [0.15, 0.2) is 5.65 Å². The van der Waals surface area contributed by atoms with Crippen molar-refractivity contribution in [3.63, 3.8) is 0 Å². The quantitative estimate of drug-likeness (QED) is 0.615. The Morgan fingerprint density at radius 3 is 2.59 bits per heavy atom. The van der Waals surface area contributed by atoms with E-state index in [1.54, 1.807) is 11.8 Å². The second kappa shape index (κ2) is 8.54. The zero-order valence-electron chi connectivity index (χ0n) is 19.1. The van der Waals surface area contributed by atoms with Gasteiger partial charge in [0.1, 0.15) is 5.75 Å². The molecule has 1 atom stereocenters. The second-order valence-corrected chi connectivity index (χ2v) is 9.02. The number of aryl methyl sites for hydroxylation is 2. The predicted molar refractivity (Wildman–Crippen MR) is 124 cm³/mol. The number of amides is 1. The molecular weight excluding hydrogens is 402 g/mol. The third-order valence-corrected chi connectivity index (χ3v) is 6.77. The Hall–Kier alpha value is -2.93. The van der Waals surface area contributed by atoms with Crippen LogP contribution in [0.5, 0.6) is 5.75 Å². The summed E-state index contributed by atoms with van der Waals surface area (Å²) in [6, 6.07) is 10.3. The molecule has 1 aliphatic carbocycles. The smallest absolute Gasteiger partial charge is 0.252 e. The minimum absolute atomic E-state index is 0.0480. The fourth-order valence-electron chi connectivity index (χ4n) is 4.85. The van der Waals surface area contributed by atoms with Crippen LogP contribution in [0.2, 0.25) is 0 Å². The zero-order valence-corrected chi connectivity index (χ0v) is 19.1. The van der Waals surface area contributed by atoms with E-state index in [1.165, 1.54) is 18.4 Å². The average molecular weight is 434 g/mol. The number of aromatic nitrogens is 3. The Balaban J connectivity index is 1.42. The Bertz CT molecular complexity index is 1130. The number of carbonyl (C=O) groups excluding carboxylic acids is 1. The number of likely N-dealkylation sites (tertiary alicyclic amines) is 1. The molecule has 0 unspecified atom stereocenters. The number of nitrogens with one attached hydrogen (secondary N) is 1. The molecule has 1 saturated heterocycles. The Morgan fingerprint density at radius 1 is 1.22 bits per heavy atom. The van der Waals surface area contributed by atoms with Gasteiger partial charge >= 0.3 is 0 Å². The number of rotatable bonds is 7. The maximum absolute atomic E-state index is 13.5. The van der Waals surface area contributed by atoms with E-state index in [1.807, 2.05) is 32.2 Å². The van der Waals surface area contributed by atoms with Crippen molar-refractivity contribution in [1.82, 2.24) is 25.0 Å². The van der Waals surface area contributed by atoms with Crippen molar-refractivity contribution in [2.45, 2.75) is 44.6 Å². The van der Waals surface area contributed by atoms with Crippen LogP contribution in [0.4, 0.5) is 0 Å². The molecule has 2 aliphatic rings. The standard InChI is InChI=1S/C25H31N5O2/c1-16-23-20(14-21(17-6-7-17)27-24(23)29(2)28-16)25(31)26-15-22(30-12-4-5-13-30)18-8-10-19(32-3)11-9-18/h8-11,14,17,22H,4-7,12-13,15H2,1-3H3,(H,26,31)/t22-/m1/s1. The maximum atomic E-state index is 13.5. The Morgan fingerprint density at radius 2 is 1.94 bits per heavy atom. The first-order valence-electron chi connectivity index (χ1n) is 11.6. The first kappa shape index (κ1) is 20.9. The van der Waals surface area contributed by atoms with E-state index in [9.17, 15) is 4.79 Å². The number of hydrogen-bond donors (Lipinski definition) is 1. The van der Waals surface area contributed by atoms with E-state index in [2.05, 4.69) is 27.4 Å². The lowest BCUT2D eigenvalue weighted by atomic mass is 10.0. The lowest BCUT2D eigenvalue weighted by Crippen LogP contribution is -2.37. The molecule has 7 nitrogen and oxygen atoms in total. The molecule has 1 N–H and O–H groups in total. The molecule has 1 amide bonds. The molecule has 168 valence electrons. The fraction of sp³-hybridized carbons (Fsp3) is 0.480. The lowest BCUT2D eigenvalue weighted by Gasteiger charge is -2.28. The number of ether oxygens (including phenoxy) is 1. The second-order valence-electron chi connectivity index (χ2n) is 9.02. The van der Waals surface area contributed by atoms with Gasteiger partial charge in [-0.2, -0.15) is 5.10 Å². The third-order valence-electron chi connectivity index (χ3n) is 6.77. The molecule has 1 aromatic carbocycles. The van der Waals surface area contributed by atoms with Crippen LogP contribution in [0.3, 0.4) is 0 Å². The summed E-state index contributed by atoms with van der Waals surface area (Å²) in [6.07, 6.45) is 4.69. The summed E-state index contributed by atoms with van der Waals surface area (Å²) in [4.78, 5) is 20.7. The number of fused-ring (bicyclic) bond motifs is 1. The topological polar surface area (TPSA) is 72.3 Å². The Kier molecular flexibility index (Phi) is 5.59. The highest BCUT2D eigenvalue weighted by atomic mass is 16.5. The normalized spacial score (nSPS) is 17.6. The molecule has 3 aromatic rings. The van der Waals surface area contributed by atoms with E-state index in [0.717, 1.165) is 54.1 Å². The highest BCUT2D eigenvalue weighted by Gasteiger charge is 2.29. The minimum Gasteiger partial charge on any atom is -0.497 e. The van der Waals surface area contributed by atoms with Gasteiger partial charge in [0.25, 0.3) is 5.91 Å². The first-order valence-corrected chi connectivity index (χ1v) is 11.6. The number of benzene rings is 1. The van der Waals surface area contributed by atoms with E-state index < -0.39 is 0 Å². The van der Waals surface area contributed by atoms with Crippen LogP contribution in [0, 0.1) is 6.92 Å². The van der Waals surface area contributed by atoms with E-state index >= 15 is 0 Å². The molecule has 5 rings (SSSR count). The summed E-state index contributed by atoms with van der Waals surface area (Å²) in [5.74, 6) is 1.27. The van der Waals surface area contributed by atoms with Crippen LogP contribution < -0.4 is 10.1 Å². The highest BCUT2D eigenvalue weighted by Crippen LogP contribution is 2.40. The van der Waals surface area contributed by atoms with Gasteiger partial charge in [0.05, 0.1) is 29.8 Å². The SMILES string of the molecule is COc1ccc([C@@H](CNC(=O)c2cc(C3CC3)nc3c2c(C)nn3C)N2CCCC2)cc1. The van der Waals surface area contributed by atoms with Crippen LogP contribution in [-0.2, 0) is 7.05 Å². The molecule has 0 bridgehead atoms. The van der Waals surface area contributed by atoms with Crippen LogP contribution in [0.1, 0.15) is 65.0 Å². The largest absolute Gasteiger partial charge is 0.497 e. The van der Waals surface area contributed by atoms with Crippen molar-refractivity contribution in [1.29, 1.82) is 0 Å². The first-order chi connectivity index (χ1) is 15.5. The zero-order chi connectivity index (χ0) is 22.2. The molecule has 1 saturated carbocycles. The fourth-order valence-corrected chi connectivity index (χ4v) is 4.85. The lowest BCUT2D eigenvalue weighted by molar-refractivity contribution is 0.0939. The molecule has 3 heterocycles. The molecular formula is C25H31N5O2. The summed E-state index contributed by atoms with van der Waals surface area (Å²) in [5.41, 5.74) is 4.54. The van der Waals surface area contributed by atoms with Gasteiger partial charge in [-0.05, 0) is 69.5 Å². The van der Waals surface area contributed by atoms with Gasteiger partial charge in [-0.3, -0.25) is 14.4 Å². The van der Waals surface area contributed by atoms with E-state index in [4.69, 9.17) is 9.72 Å². The van der Waals surface area contributed by atoms with Crippen LogP contribution in [-0.4, -0.2) is 52.3 Å². The summed E-state index contributed by atoms with van der Waals surface area (Å²) in [5, 5.41) is 8.63. The van der Waals surface area contributed by atoms with Gasteiger partial charge in [-0.25, -0.2) is 4.98 Å². The van der Waals surface area contributed by atoms with Gasteiger partial charge in [0.2, 0.25) is 0 Å². The summed E-state index contributed by atoms with van der Waals surface area (Å²) < 4.78 is 7.11. The van der Waals surface area contributed by atoms with Crippen LogP contribution in [0.25, 0.3) is 11.0 Å². The van der Waals surface area contributed by atoms with Crippen LogP contribution >= 0.6 is 0 Å². The molecule has 1 aliphatic heterocycles. The number of methoxy groups -OCH3 is 1. The molecule has 2 aromatic heterocycles. The number of pyridine rings is 1. The van der Waals surface area contributed by atoms with Gasteiger partial charge in [-0.1, -0.05) is 12.1 Å². The van der Waals surface area contributed by atoms with E-state index in [-0.39, 0.29) is 11.9 Å². The van der Waals surface area contributed by atoms with Gasteiger partial charge in [0, 0.05) is 25.2 Å². The average Bonchev–Trinajstić information content (AvgIpc) is 3.45. The van der Waals surface area contributed by atoms with Gasteiger partial charge in [-0.15, -0.1) is 0 Å². The molecule has 32 heavy (non-hydrogen) atoms. The predicted octanol–water partition coefficient (Wildman–Crippen LogP) is 3.73. The van der Waals surface area contributed by atoms with Crippen molar-refractivity contribution in [3.8, 4) is 5.75 Å². The van der Waals surface area contributed by atoms with Crippen molar-refractivity contribution in [3.05, 3.63) is 52.8 Å². The Labute approximate surface area is 188 Å². The van der Waals surface area contributed by atoms with Crippen LogP contribution in [0.15, 0.2) is 30.3 Å². The van der Waals surface area contributed by atoms with Gasteiger partial charge < -0.3 is 10.1 Å². The maximum Gasteiger partial charge on any atom is 0.252 e.